The fourth-order valence-electron chi connectivity index (χ4n) is 1.98. The highest BCUT2D eigenvalue weighted by molar-refractivity contribution is 5.55. The van der Waals surface area contributed by atoms with Crippen molar-refractivity contribution in [2.45, 2.75) is 33.2 Å². The number of ether oxygens (including phenoxy) is 2. The third-order valence-electron chi connectivity index (χ3n) is 3.09. The first kappa shape index (κ1) is 16.1. The Morgan fingerprint density at radius 1 is 1.00 bits per heavy atom. The minimum atomic E-state index is 0.689. The first-order valence-electron chi connectivity index (χ1n) is 7.86. The fraction of sp³-hybridized carbons (Fsp3) is 0.389. The molecule has 0 saturated carbocycles. The van der Waals surface area contributed by atoms with Gasteiger partial charge < -0.3 is 14.8 Å². The third-order valence-corrected chi connectivity index (χ3v) is 3.09. The summed E-state index contributed by atoms with van der Waals surface area (Å²) in [4.78, 5) is 4.12. The van der Waals surface area contributed by atoms with E-state index < -0.39 is 0 Å². The van der Waals surface area contributed by atoms with Crippen molar-refractivity contribution < 1.29 is 9.47 Å². The molecule has 1 heterocycles. The van der Waals surface area contributed by atoms with E-state index in [4.69, 9.17) is 9.47 Å². The van der Waals surface area contributed by atoms with Crippen molar-refractivity contribution in [3.8, 4) is 11.5 Å². The van der Waals surface area contributed by atoms with E-state index in [9.17, 15) is 0 Å². The molecule has 0 amide bonds. The molecule has 0 aliphatic heterocycles. The second-order valence-electron chi connectivity index (χ2n) is 5.07. The van der Waals surface area contributed by atoms with Gasteiger partial charge in [-0.1, -0.05) is 19.9 Å². The molecule has 1 N–H and O–H groups in total. The smallest absolute Gasteiger partial charge is 0.163 e. The lowest BCUT2D eigenvalue weighted by molar-refractivity contribution is 0.268. The molecule has 0 atom stereocenters. The van der Waals surface area contributed by atoms with Crippen LogP contribution in [0.3, 0.4) is 0 Å². The van der Waals surface area contributed by atoms with Gasteiger partial charge in [-0.2, -0.15) is 0 Å². The van der Waals surface area contributed by atoms with Crippen LogP contribution in [-0.4, -0.2) is 18.2 Å². The molecule has 4 heteroatoms. The number of rotatable bonds is 9. The Bertz CT molecular complexity index is 558. The van der Waals surface area contributed by atoms with E-state index in [0.717, 1.165) is 42.1 Å². The molecule has 0 saturated heterocycles. The molecule has 2 aromatic rings. The molecule has 2 rings (SSSR count). The molecular formula is C18H24N2O2. The number of pyridine rings is 1. The van der Waals surface area contributed by atoms with Crippen LogP contribution in [0.5, 0.6) is 11.5 Å². The molecule has 0 aliphatic rings. The Balaban J connectivity index is 2.04. The predicted molar refractivity (Wildman–Crippen MR) is 89.6 cm³/mol. The summed E-state index contributed by atoms with van der Waals surface area (Å²) in [5.74, 6) is 1.61. The lowest BCUT2D eigenvalue weighted by Gasteiger charge is -2.14. The topological polar surface area (TPSA) is 43.4 Å². The van der Waals surface area contributed by atoms with Gasteiger partial charge in [-0.25, -0.2) is 0 Å². The highest BCUT2D eigenvalue weighted by Gasteiger charge is 2.06. The van der Waals surface area contributed by atoms with E-state index in [2.05, 4.69) is 24.1 Å². The average molecular weight is 300 g/mol. The van der Waals surface area contributed by atoms with E-state index in [1.165, 1.54) is 0 Å². The van der Waals surface area contributed by atoms with Crippen molar-refractivity contribution in [1.82, 2.24) is 4.98 Å². The minimum Gasteiger partial charge on any atom is -0.490 e. The normalized spacial score (nSPS) is 10.3. The summed E-state index contributed by atoms with van der Waals surface area (Å²) in [6.07, 6.45) is 5.59. The third kappa shape index (κ3) is 4.95. The Hall–Kier alpha value is -2.23. The molecule has 118 valence electrons. The number of benzene rings is 1. The first-order valence-corrected chi connectivity index (χ1v) is 7.86. The van der Waals surface area contributed by atoms with Crippen LogP contribution >= 0.6 is 0 Å². The standard InChI is InChI=1S/C18H24N2O2/c1-3-10-21-17-8-7-16(12-18(17)22-11-4-2)20-14-15-6-5-9-19-13-15/h5-9,12-13,20H,3-4,10-11,14H2,1-2H3. The SMILES string of the molecule is CCCOc1ccc(NCc2cccnc2)cc1OCCC. The minimum absolute atomic E-state index is 0.689. The summed E-state index contributed by atoms with van der Waals surface area (Å²) in [5.41, 5.74) is 2.16. The number of aromatic nitrogens is 1. The van der Waals surface area contributed by atoms with Crippen molar-refractivity contribution in [2.24, 2.45) is 0 Å². The van der Waals surface area contributed by atoms with Gasteiger partial charge in [0.05, 0.1) is 13.2 Å². The summed E-state index contributed by atoms with van der Waals surface area (Å²) >= 11 is 0. The van der Waals surface area contributed by atoms with E-state index >= 15 is 0 Å². The van der Waals surface area contributed by atoms with Crippen LogP contribution in [0.15, 0.2) is 42.7 Å². The Morgan fingerprint density at radius 2 is 1.77 bits per heavy atom. The molecular weight excluding hydrogens is 276 g/mol. The predicted octanol–water partition coefficient (Wildman–Crippen LogP) is 4.27. The van der Waals surface area contributed by atoms with Gasteiger partial charge in [0, 0.05) is 30.7 Å². The fourth-order valence-corrected chi connectivity index (χ4v) is 1.98. The molecule has 0 radical (unpaired) electrons. The quantitative estimate of drug-likeness (QED) is 0.751. The summed E-state index contributed by atoms with van der Waals surface area (Å²) in [6, 6.07) is 9.96. The van der Waals surface area contributed by atoms with Gasteiger partial charge >= 0.3 is 0 Å². The van der Waals surface area contributed by atoms with Gasteiger partial charge in [0.15, 0.2) is 11.5 Å². The number of nitrogens with zero attached hydrogens (tertiary/aromatic N) is 1. The van der Waals surface area contributed by atoms with E-state index in [1.807, 2.05) is 36.5 Å². The molecule has 1 aromatic carbocycles. The summed E-state index contributed by atoms with van der Waals surface area (Å²) < 4.78 is 11.5. The molecule has 0 aliphatic carbocycles. The number of nitrogens with one attached hydrogen (secondary N) is 1. The van der Waals surface area contributed by atoms with Crippen molar-refractivity contribution in [3.05, 3.63) is 48.3 Å². The zero-order valence-electron chi connectivity index (χ0n) is 13.3. The summed E-state index contributed by atoms with van der Waals surface area (Å²) in [6.45, 7) is 6.31. The summed E-state index contributed by atoms with van der Waals surface area (Å²) in [5, 5.41) is 3.39. The molecule has 0 fully saturated rings. The van der Waals surface area contributed by atoms with Crippen LogP contribution in [0.25, 0.3) is 0 Å². The molecule has 1 aromatic heterocycles. The Morgan fingerprint density at radius 3 is 2.45 bits per heavy atom. The van der Waals surface area contributed by atoms with Crippen LogP contribution in [0.1, 0.15) is 32.3 Å². The lowest BCUT2D eigenvalue weighted by Crippen LogP contribution is -2.03. The summed E-state index contributed by atoms with van der Waals surface area (Å²) in [7, 11) is 0. The van der Waals surface area contributed by atoms with E-state index in [1.54, 1.807) is 6.20 Å². The second kappa shape index (κ2) is 8.93. The highest BCUT2D eigenvalue weighted by atomic mass is 16.5. The van der Waals surface area contributed by atoms with Gasteiger partial charge in [-0.3, -0.25) is 4.98 Å². The molecule has 0 bridgehead atoms. The van der Waals surface area contributed by atoms with E-state index in [-0.39, 0.29) is 0 Å². The second-order valence-corrected chi connectivity index (χ2v) is 5.07. The lowest BCUT2D eigenvalue weighted by atomic mass is 10.2. The molecule has 0 unspecified atom stereocenters. The maximum absolute atomic E-state index is 5.80. The molecule has 0 spiro atoms. The van der Waals surface area contributed by atoms with Crippen molar-refractivity contribution in [3.63, 3.8) is 0 Å². The van der Waals surface area contributed by atoms with Gasteiger partial charge in [0.25, 0.3) is 0 Å². The largest absolute Gasteiger partial charge is 0.490 e. The van der Waals surface area contributed by atoms with Gasteiger partial charge in [0.1, 0.15) is 0 Å². The Kier molecular flexibility index (Phi) is 6.55. The monoisotopic (exact) mass is 300 g/mol. The van der Waals surface area contributed by atoms with Gasteiger partial charge in [-0.05, 0) is 36.6 Å². The average Bonchev–Trinajstić information content (AvgIpc) is 2.58. The first-order chi connectivity index (χ1) is 10.8. The van der Waals surface area contributed by atoms with Crippen LogP contribution in [0.2, 0.25) is 0 Å². The van der Waals surface area contributed by atoms with Crippen molar-refractivity contribution in [2.75, 3.05) is 18.5 Å². The van der Waals surface area contributed by atoms with Crippen LogP contribution in [0.4, 0.5) is 5.69 Å². The van der Waals surface area contributed by atoms with Crippen LogP contribution in [0, 0.1) is 0 Å². The number of hydrogen-bond donors (Lipinski definition) is 1. The van der Waals surface area contributed by atoms with Crippen LogP contribution in [-0.2, 0) is 6.54 Å². The molecule has 22 heavy (non-hydrogen) atoms. The Labute approximate surface area is 132 Å². The zero-order valence-corrected chi connectivity index (χ0v) is 13.3. The zero-order chi connectivity index (χ0) is 15.6. The van der Waals surface area contributed by atoms with Crippen molar-refractivity contribution in [1.29, 1.82) is 0 Å². The molecule has 4 nitrogen and oxygen atoms in total. The number of anilines is 1. The van der Waals surface area contributed by atoms with Crippen molar-refractivity contribution >= 4 is 5.69 Å². The van der Waals surface area contributed by atoms with Gasteiger partial charge in [0.2, 0.25) is 0 Å². The van der Waals surface area contributed by atoms with Gasteiger partial charge in [-0.15, -0.1) is 0 Å². The van der Waals surface area contributed by atoms with E-state index in [0.29, 0.717) is 13.2 Å². The number of hydrogen-bond acceptors (Lipinski definition) is 4. The highest BCUT2D eigenvalue weighted by Crippen LogP contribution is 2.31. The maximum atomic E-state index is 5.80. The van der Waals surface area contributed by atoms with Crippen LogP contribution < -0.4 is 14.8 Å². The maximum Gasteiger partial charge on any atom is 0.163 e.